The SMILES string of the molecule is NC/C=C/CNC(=O)C1CCCCS1(=O)=O. The van der Waals surface area contributed by atoms with Crippen LogP contribution in [-0.4, -0.2) is 38.4 Å². The molecule has 0 saturated carbocycles. The third kappa shape index (κ3) is 3.61. The number of carbonyl (C=O) groups excluding carboxylic acids is 1. The normalized spacial score (nSPS) is 24.4. The fraction of sp³-hybridized carbons (Fsp3) is 0.700. The van der Waals surface area contributed by atoms with Crippen LogP contribution in [0.3, 0.4) is 0 Å². The van der Waals surface area contributed by atoms with Crippen LogP contribution in [0.1, 0.15) is 19.3 Å². The van der Waals surface area contributed by atoms with Gasteiger partial charge in [0.1, 0.15) is 5.25 Å². The van der Waals surface area contributed by atoms with Crippen molar-refractivity contribution < 1.29 is 13.2 Å². The monoisotopic (exact) mass is 246 g/mol. The molecule has 1 fully saturated rings. The van der Waals surface area contributed by atoms with Crippen molar-refractivity contribution >= 4 is 15.7 Å². The number of sulfone groups is 1. The van der Waals surface area contributed by atoms with Gasteiger partial charge in [-0.2, -0.15) is 0 Å². The molecular weight excluding hydrogens is 228 g/mol. The van der Waals surface area contributed by atoms with E-state index in [2.05, 4.69) is 5.32 Å². The van der Waals surface area contributed by atoms with Crippen LogP contribution in [-0.2, 0) is 14.6 Å². The second-order valence-corrected chi connectivity index (χ2v) is 6.11. The smallest absolute Gasteiger partial charge is 0.238 e. The van der Waals surface area contributed by atoms with Gasteiger partial charge in [-0.05, 0) is 12.8 Å². The molecule has 3 N–H and O–H groups in total. The molecule has 92 valence electrons. The molecule has 1 heterocycles. The maximum Gasteiger partial charge on any atom is 0.238 e. The summed E-state index contributed by atoms with van der Waals surface area (Å²) in [6, 6.07) is 0. The van der Waals surface area contributed by atoms with Crippen molar-refractivity contribution in [2.75, 3.05) is 18.8 Å². The molecule has 1 aliphatic rings. The van der Waals surface area contributed by atoms with E-state index in [9.17, 15) is 13.2 Å². The fourth-order valence-corrected chi connectivity index (χ4v) is 3.53. The van der Waals surface area contributed by atoms with Crippen molar-refractivity contribution in [3.05, 3.63) is 12.2 Å². The average molecular weight is 246 g/mol. The van der Waals surface area contributed by atoms with Crippen LogP contribution in [0.5, 0.6) is 0 Å². The predicted molar refractivity (Wildman–Crippen MR) is 62.6 cm³/mol. The lowest BCUT2D eigenvalue weighted by Crippen LogP contribution is -2.42. The first kappa shape index (κ1) is 13.2. The summed E-state index contributed by atoms with van der Waals surface area (Å²) < 4.78 is 23.2. The third-order valence-corrected chi connectivity index (χ3v) is 4.74. The number of carbonyl (C=O) groups is 1. The van der Waals surface area contributed by atoms with E-state index in [4.69, 9.17) is 5.73 Å². The summed E-state index contributed by atoms with van der Waals surface area (Å²) in [5.74, 6) is -0.259. The molecule has 0 bridgehead atoms. The Kier molecular flexibility index (Phi) is 4.95. The zero-order valence-corrected chi connectivity index (χ0v) is 10.0. The Morgan fingerprint density at radius 3 is 2.75 bits per heavy atom. The number of hydrogen-bond donors (Lipinski definition) is 2. The Labute approximate surface area is 96.0 Å². The van der Waals surface area contributed by atoms with Crippen molar-refractivity contribution in [3.8, 4) is 0 Å². The molecule has 1 unspecified atom stereocenters. The molecule has 0 radical (unpaired) electrons. The van der Waals surface area contributed by atoms with Crippen molar-refractivity contribution in [3.63, 3.8) is 0 Å². The summed E-state index contributed by atoms with van der Waals surface area (Å²) in [7, 11) is -3.23. The van der Waals surface area contributed by atoms with Gasteiger partial charge in [-0.25, -0.2) is 8.42 Å². The quantitative estimate of drug-likeness (QED) is 0.660. The third-order valence-electron chi connectivity index (χ3n) is 2.57. The van der Waals surface area contributed by atoms with Crippen molar-refractivity contribution in [2.24, 2.45) is 5.73 Å². The van der Waals surface area contributed by atoms with Crippen LogP contribution in [0, 0.1) is 0 Å². The van der Waals surface area contributed by atoms with Crippen molar-refractivity contribution in [1.29, 1.82) is 0 Å². The highest BCUT2D eigenvalue weighted by Gasteiger charge is 2.34. The van der Waals surface area contributed by atoms with Crippen LogP contribution in [0.15, 0.2) is 12.2 Å². The lowest BCUT2D eigenvalue weighted by Gasteiger charge is -2.20. The highest BCUT2D eigenvalue weighted by atomic mass is 32.2. The summed E-state index contributed by atoms with van der Waals surface area (Å²) in [6.45, 7) is 0.750. The first-order valence-electron chi connectivity index (χ1n) is 5.42. The topological polar surface area (TPSA) is 89.3 Å². The molecule has 1 amide bonds. The summed E-state index contributed by atoms with van der Waals surface area (Å²) in [6.07, 6.45) is 5.34. The molecular formula is C10H18N2O3S. The van der Waals surface area contributed by atoms with Gasteiger partial charge >= 0.3 is 0 Å². The van der Waals surface area contributed by atoms with Crippen molar-refractivity contribution in [1.82, 2.24) is 5.32 Å². The first-order valence-corrected chi connectivity index (χ1v) is 7.14. The Hall–Kier alpha value is -0.880. The number of amides is 1. The van der Waals surface area contributed by atoms with Gasteiger partial charge in [0, 0.05) is 13.1 Å². The molecule has 1 atom stereocenters. The number of nitrogens with one attached hydrogen (secondary N) is 1. The Morgan fingerprint density at radius 2 is 2.12 bits per heavy atom. The molecule has 5 nitrogen and oxygen atoms in total. The van der Waals surface area contributed by atoms with Crippen LogP contribution >= 0.6 is 0 Å². The van der Waals surface area contributed by atoms with Gasteiger partial charge in [0.15, 0.2) is 9.84 Å². The van der Waals surface area contributed by atoms with Gasteiger partial charge in [0.05, 0.1) is 5.75 Å². The van der Waals surface area contributed by atoms with Crippen LogP contribution in [0.25, 0.3) is 0 Å². The minimum atomic E-state index is -3.23. The largest absolute Gasteiger partial charge is 0.352 e. The van der Waals surface area contributed by atoms with Gasteiger partial charge in [-0.1, -0.05) is 18.6 Å². The average Bonchev–Trinajstić information content (AvgIpc) is 2.23. The highest BCUT2D eigenvalue weighted by Crippen LogP contribution is 2.19. The Morgan fingerprint density at radius 1 is 1.38 bits per heavy atom. The van der Waals surface area contributed by atoms with Gasteiger partial charge in [-0.15, -0.1) is 0 Å². The van der Waals surface area contributed by atoms with Crippen LogP contribution in [0.2, 0.25) is 0 Å². The number of rotatable bonds is 4. The zero-order valence-electron chi connectivity index (χ0n) is 9.19. The minimum Gasteiger partial charge on any atom is -0.352 e. The van der Waals surface area contributed by atoms with Gasteiger partial charge in [0.2, 0.25) is 5.91 Å². The molecule has 0 aromatic rings. The number of nitrogens with two attached hydrogens (primary N) is 1. The second kappa shape index (κ2) is 6.00. The molecule has 1 saturated heterocycles. The second-order valence-electron chi connectivity index (χ2n) is 3.80. The maximum absolute atomic E-state index is 11.6. The Balaban J connectivity index is 2.49. The predicted octanol–water partition coefficient (Wildman–Crippen LogP) is -0.415. The van der Waals surface area contributed by atoms with E-state index in [0.29, 0.717) is 25.9 Å². The summed E-state index contributed by atoms with van der Waals surface area (Å²) >= 11 is 0. The molecule has 6 heteroatoms. The van der Waals surface area contributed by atoms with E-state index in [1.165, 1.54) is 0 Å². The lowest BCUT2D eigenvalue weighted by atomic mass is 10.2. The van der Waals surface area contributed by atoms with Gasteiger partial charge in [0.25, 0.3) is 0 Å². The number of hydrogen-bond acceptors (Lipinski definition) is 4. The molecule has 0 aliphatic carbocycles. The van der Waals surface area contributed by atoms with Gasteiger partial charge < -0.3 is 11.1 Å². The molecule has 16 heavy (non-hydrogen) atoms. The molecule has 0 aromatic carbocycles. The molecule has 1 rings (SSSR count). The van der Waals surface area contributed by atoms with Crippen molar-refractivity contribution in [2.45, 2.75) is 24.5 Å². The Bertz CT molecular complexity index is 362. The molecule has 0 spiro atoms. The fourth-order valence-electron chi connectivity index (χ4n) is 1.70. The maximum atomic E-state index is 11.6. The molecule has 1 aliphatic heterocycles. The summed E-state index contributed by atoms with van der Waals surface area (Å²) in [5, 5.41) is 1.73. The van der Waals surface area contributed by atoms with Gasteiger partial charge in [-0.3, -0.25) is 4.79 Å². The van der Waals surface area contributed by atoms with E-state index < -0.39 is 15.1 Å². The van der Waals surface area contributed by atoms with E-state index in [1.54, 1.807) is 12.2 Å². The highest BCUT2D eigenvalue weighted by molar-refractivity contribution is 7.92. The van der Waals surface area contributed by atoms with E-state index in [0.717, 1.165) is 6.42 Å². The first-order chi connectivity index (χ1) is 7.58. The van der Waals surface area contributed by atoms with Crippen LogP contribution < -0.4 is 11.1 Å². The van der Waals surface area contributed by atoms with Crippen LogP contribution in [0.4, 0.5) is 0 Å². The van der Waals surface area contributed by atoms with E-state index in [1.807, 2.05) is 0 Å². The standard InChI is InChI=1S/C10H18N2O3S/c11-6-2-3-7-12-10(13)9-5-1-4-8-16(9,14)15/h2-3,9H,1,4-8,11H2,(H,12,13)/b3-2+. The van der Waals surface area contributed by atoms with E-state index >= 15 is 0 Å². The summed E-state index contributed by atoms with van der Waals surface area (Å²) in [5.41, 5.74) is 5.24. The van der Waals surface area contributed by atoms with E-state index in [-0.39, 0.29) is 11.7 Å². The zero-order chi connectivity index (χ0) is 12.0. The summed E-state index contributed by atoms with van der Waals surface area (Å²) in [4.78, 5) is 11.6. The minimum absolute atomic E-state index is 0.129. The molecule has 0 aromatic heterocycles. The lowest BCUT2D eigenvalue weighted by molar-refractivity contribution is -0.120.